The maximum atomic E-state index is 13.0. The van der Waals surface area contributed by atoms with Gasteiger partial charge in [0.1, 0.15) is 5.69 Å². The lowest BCUT2D eigenvalue weighted by Gasteiger charge is -2.24. The number of amides is 1. The third kappa shape index (κ3) is 3.29. The van der Waals surface area contributed by atoms with Crippen LogP contribution < -0.4 is 0 Å². The van der Waals surface area contributed by atoms with Crippen molar-refractivity contribution in [3.8, 4) is 0 Å². The van der Waals surface area contributed by atoms with Gasteiger partial charge in [0.25, 0.3) is 5.91 Å². The first-order chi connectivity index (χ1) is 11.0. The van der Waals surface area contributed by atoms with E-state index in [0.29, 0.717) is 11.6 Å². The number of hydrogen-bond donors (Lipinski definition) is 0. The second-order valence-electron chi connectivity index (χ2n) is 7.30. The number of hydrogen-bond acceptors (Lipinski definition) is 2. The largest absolute Gasteiger partial charge is 0.337 e. The van der Waals surface area contributed by atoms with Gasteiger partial charge < -0.3 is 4.90 Å². The second-order valence-corrected chi connectivity index (χ2v) is 7.30. The standard InChI is InChI=1S/C20H24N2O/c1-20(2,3)17-10-7-12-21-18(17)19(23)22-13-11-16(14-22)15-8-5-4-6-9-15/h4-10,12,16H,11,13-14H2,1-3H3. The van der Waals surface area contributed by atoms with Crippen molar-refractivity contribution in [3.05, 3.63) is 65.5 Å². The van der Waals surface area contributed by atoms with Gasteiger partial charge in [0.15, 0.2) is 0 Å². The van der Waals surface area contributed by atoms with Gasteiger partial charge in [0.05, 0.1) is 0 Å². The molecule has 0 radical (unpaired) electrons. The van der Waals surface area contributed by atoms with Gasteiger partial charge in [-0.1, -0.05) is 57.2 Å². The van der Waals surface area contributed by atoms with Crippen LogP contribution in [0.3, 0.4) is 0 Å². The lowest BCUT2D eigenvalue weighted by atomic mass is 9.85. The number of pyridine rings is 1. The summed E-state index contributed by atoms with van der Waals surface area (Å²) in [6.45, 7) is 7.95. The zero-order valence-electron chi connectivity index (χ0n) is 14.1. The maximum Gasteiger partial charge on any atom is 0.272 e. The van der Waals surface area contributed by atoms with Crippen LogP contribution in [0.2, 0.25) is 0 Å². The van der Waals surface area contributed by atoms with Crippen LogP contribution in [0.25, 0.3) is 0 Å². The fraction of sp³-hybridized carbons (Fsp3) is 0.400. The predicted octanol–water partition coefficient (Wildman–Crippen LogP) is 4.01. The molecule has 1 aliphatic rings. The quantitative estimate of drug-likeness (QED) is 0.840. The van der Waals surface area contributed by atoms with Gasteiger partial charge in [0, 0.05) is 25.2 Å². The summed E-state index contributed by atoms with van der Waals surface area (Å²) in [7, 11) is 0. The number of rotatable bonds is 2. The zero-order valence-corrected chi connectivity index (χ0v) is 14.1. The third-order valence-corrected chi connectivity index (χ3v) is 4.56. The van der Waals surface area contributed by atoms with Gasteiger partial charge in [-0.2, -0.15) is 0 Å². The normalized spacial score (nSPS) is 18.2. The Hall–Kier alpha value is -2.16. The van der Waals surface area contributed by atoms with E-state index in [4.69, 9.17) is 0 Å². The summed E-state index contributed by atoms with van der Waals surface area (Å²) in [5.41, 5.74) is 2.86. The number of carbonyl (C=O) groups excluding carboxylic acids is 1. The SMILES string of the molecule is CC(C)(C)c1cccnc1C(=O)N1CCC(c2ccccc2)C1. The van der Waals surface area contributed by atoms with Crippen molar-refractivity contribution < 1.29 is 4.79 Å². The molecule has 1 saturated heterocycles. The molecule has 3 nitrogen and oxygen atoms in total. The van der Waals surface area contributed by atoms with Crippen LogP contribution in [0.15, 0.2) is 48.7 Å². The van der Waals surface area contributed by atoms with E-state index in [2.05, 4.69) is 50.0 Å². The molecule has 2 heterocycles. The van der Waals surface area contributed by atoms with Crippen molar-refractivity contribution in [2.75, 3.05) is 13.1 Å². The highest BCUT2D eigenvalue weighted by molar-refractivity contribution is 5.94. The molecule has 1 amide bonds. The number of benzene rings is 1. The Labute approximate surface area is 138 Å². The molecule has 2 aromatic rings. The van der Waals surface area contributed by atoms with E-state index in [1.54, 1.807) is 6.20 Å². The zero-order chi connectivity index (χ0) is 16.4. The second kappa shape index (κ2) is 6.15. The molecular formula is C20H24N2O. The molecule has 1 aliphatic heterocycles. The van der Waals surface area contributed by atoms with Gasteiger partial charge in [-0.3, -0.25) is 9.78 Å². The van der Waals surface area contributed by atoms with E-state index < -0.39 is 0 Å². The minimum atomic E-state index is -0.0855. The first-order valence-corrected chi connectivity index (χ1v) is 8.26. The van der Waals surface area contributed by atoms with Crippen LogP contribution >= 0.6 is 0 Å². The summed E-state index contributed by atoms with van der Waals surface area (Å²) < 4.78 is 0. The summed E-state index contributed by atoms with van der Waals surface area (Å²) in [5, 5.41) is 0. The molecule has 0 N–H and O–H groups in total. The summed E-state index contributed by atoms with van der Waals surface area (Å²) >= 11 is 0. The summed E-state index contributed by atoms with van der Waals surface area (Å²) in [4.78, 5) is 19.3. The van der Waals surface area contributed by atoms with E-state index in [9.17, 15) is 4.79 Å². The molecule has 0 aliphatic carbocycles. The van der Waals surface area contributed by atoms with E-state index in [1.807, 2.05) is 23.1 Å². The number of aromatic nitrogens is 1. The minimum Gasteiger partial charge on any atom is -0.337 e. The molecular weight excluding hydrogens is 284 g/mol. The van der Waals surface area contributed by atoms with Crippen LogP contribution in [-0.2, 0) is 5.41 Å². The first kappa shape index (κ1) is 15.7. The van der Waals surface area contributed by atoms with Crippen LogP contribution in [-0.4, -0.2) is 28.9 Å². The Morgan fingerprint density at radius 2 is 1.87 bits per heavy atom. The van der Waals surface area contributed by atoms with Crippen molar-refractivity contribution in [2.45, 2.75) is 38.5 Å². The van der Waals surface area contributed by atoms with E-state index >= 15 is 0 Å². The van der Waals surface area contributed by atoms with Crippen LogP contribution in [0, 0.1) is 0 Å². The van der Waals surface area contributed by atoms with Crippen LogP contribution in [0.1, 0.15) is 54.7 Å². The average molecular weight is 308 g/mol. The van der Waals surface area contributed by atoms with Crippen LogP contribution in [0.4, 0.5) is 0 Å². The smallest absolute Gasteiger partial charge is 0.272 e. The van der Waals surface area contributed by atoms with E-state index in [-0.39, 0.29) is 11.3 Å². The molecule has 0 spiro atoms. The Balaban J connectivity index is 1.81. The monoisotopic (exact) mass is 308 g/mol. The molecule has 1 atom stereocenters. The lowest BCUT2D eigenvalue weighted by molar-refractivity contribution is 0.0782. The number of nitrogens with zero attached hydrogens (tertiary/aromatic N) is 2. The van der Waals surface area contributed by atoms with Gasteiger partial charge in [0.2, 0.25) is 0 Å². The van der Waals surface area contributed by atoms with Gasteiger partial charge >= 0.3 is 0 Å². The molecule has 3 rings (SSSR count). The van der Waals surface area contributed by atoms with E-state index in [1.165, 1.54) is 5.56 Å². The fourth-order valence-electron chi connectivity index (χ4n) is 3.27. The topological polar surface area (TPSA) is 33.2 Å². The van der Waals surface area contributed by atoms with Crippen molar-refractivity contribution in [1.82, 2.24) is 9.88 Å². The van der Waals surface area contributed by atoms with E-state index in [0.717, 1.165) is 25.1 Å². The highest BCUT2D eigenvalue weighted by Crippen LogP contribution is 2.30. The molecule has 1 aromatic heterocycles. The molecule has 120 valence electrons. The lowest BCUT2D eigenvalue weighted by Crippen LogP contribution is -2.31. The molecule has 1 aromatic carbocycles. The summed E-state index contributed by atoms with van der Waals surface area (Å²) in [6.07, 6.45) is 2.74. The van der Waals surface area contributed by atoms with Crippen molar-refractivity contribution in [3.63, 3.8) is 0 Å². The highest BCUT2D eigenvalue weighted by atomic mass is 16.2. The highest BCUT2D eigenvalue weighted by Gasteiger charge is 2.31. The molecule has 3 heteroatoms. The molecule has 1 fully saturated rings. The third-order valence-electron chi connectivity index (χ3n) is 4.56. The Morgan fingerprint density at radius 1 is 1.13 bits per heavy atom. The molecule has 0 bridgehead atoms. The summed E-state index contributed by atoms with van der Waals surface area (Å²) in [5.74, 6) is 0.496. The molecule has 23 heavy (non-hydrogen) atoms. The van der Waals surface area contributed by atoms with Crippen molar-refractivity contribution >= 4 is 5.91 Å². The Kier molecular flexibility index (Phi) is 4.20. The summed E-state index contributed by atoms with van der Waals surface area (Å²) in [6, 6.07) is 14.4. The van der Waals surface area contributed by atoms with Crippen molar-refractivity contribution in [1.29, 1.82) is 0 Å². The molecule has 0 saturated carbocycles. The maximum absolute atomic E-state index is 13.0. The minimum absolute atomic E-state index is 0.0638. The van der Waals surface area contributed by atoms with Crippen molar-refractivity contribution in [2.24, 2.45) is 0 Å². The predicted molar refractivity (Wildman–Crippen MR) is 92.6 cm³/mol. The fourth-order valence-corrected chi connectivity index (χ4v) is 3.27. The van der Waals surface area contributed by atoms with Gasteiger partial charge in [-0.25, -0.2) is 0 Å². The average Bonchev–Trinajstić information content (AvgIpc) is 3.04. The Bertz CT molecular complexity index is 688. The Morgan fingerprint density at radius 3 is 2.57 bits per heavy atom. The number of likely N-dealkylation sites (tertiary alicyclic amines) is 1. The van der Waals surface area contributed by atoms with Gasteiger partial charge in [-0.15, -0.1) is 0 Å². The number of carbonyl (C=O) groups is 1. The first-order valence-electron chi connectivity index (χ1n) is 8.26. The van der Waals surface area contributed by atoms with Crippen LogP contribution in [0.5, 0.6) is 0 Å². The van der Waals surface area contributed by atoms with Gasteiger partial charge in [-0.05, 0) is 29.0 Å². The molecule has 1 unspecified atom stereocenters.